The monoisotopic (exact) mass is 187 g/mol. The zero-order chi connectivity index (χ0) is 9.14. The number of aromatic nitrogens is 1. The molecule has 1 rings (SSSR count). The molecular weight excluding hydrogens is 174 g/mol. The van der Waals surface area contributed by atoms with Crippen LogP contribution in [0.3, 0.4) is 0 Å². The first-order chi connectivity index (χ1) is 5.65. The Kier molecular flexibility index (Phi) is 3.18. The molecule has 1 N–H and O–H groups in total. The van der Waals surface area contributed by atoms with Crippen molar-refractivity contribution >= 4 is 11.6 Å². The van der Waals surface area contributed by atoms with Gasteiger partial charge in [-0.2, -0.15) is 0 Å². The minimum absolute atomic E-state index is 0.289. The maximum Gasteiger partial charge on any atom is 0.0854 e. The standard InChI is InChI=1S/C9H14ClNO/c1-7-3-4-8(2)11(7)6-9(12)5-10/h3-4,9,12H,5-6H2,1-2H3. The highest BCUT2D eigenvalue weighted by Crippen LogP contribution is 2.08. The average molecular weight is 188 g/mol. The molecule has 12 heavy (non-hydrogen) atoms. The Hall–Kier alpha value is -0.470. The predicted octanol–water partition coefficient (Wildman–Crippen LogP) is 1.70. The number of alkyl halides is 1. The number of aliphatic hydroxyl groups excluding tert-OH is 1. The Bertz CT molecular complexity index is 238. The van der Waals surface area contributed by atoms with Crippen LogP contribution in [0.25, 0.3) is 0 Å². The summed E-state index contributed by atoms with van der Waals surface area (Å²) in [6, 6.07) is 4.08. The largest absolute Gasteiger partial charge is 0.390 e. The molecule has 1 aromatic heterocycles. The van der Waals surface area contributed by atoms with Crippen LogP contribution >= 0.6 is 11.6 Å². The molecule has 0 aliphatic rings. The molecule has 1 unspecified atom stereocenters. The van der Waals surface area contributed by atoms with Gasteiger partial charge in [0.15, 0.2) is 0 Å². The summed E-state index contributed by atoms with van der Waals surface area (Å²) in [7, 11) is 0. The lowest BCUT2D eigenvalue weighted by Gasteiger charge is -2.12. The summed E-state index contributed by atoms with van der Waals surface area (Å²) < 4.78 is 2.06. The topological polar surface area (TPSA) is 25.2 Å². The van der Waals surface area contributed by atoms with Crippen LogP contribution in [0.1, 0.15) is 11.4 Å². The van der Waals surface area contributed by atoms with E-state index >= 15 is 0 Å². The predicted molar refractivity (Wildman–Crippen MR) is 50.6 cm³/mol. The summed E-state index contributed by atoms with van der Waals surface area (Å²) >= 11 is 5.51. The molecule has 0 saturated heterocycles. The molecule has 1 atom stereocenters. The van der Waals surface area contributed by atoms with E-state index in [0.29, 0.717) is 6.54 Å². The van der Waals surface area contributed by atoms with Gasteiger partial charge in [-0.3, -0.25) is 0 Å². The van der Waals surface area contributed by atoms with Crippen LogP contribution in [-0.2, 0) is 6.54 Å². The maximum atomic E-state index is 9.33. The highest BCUT2D eigenvalue weighted by molar-refractivity contribution is 6.18. The highest BCUT2D eigenvalue weighted by atomic mass is 35.5. The molecule has 68 valence electrons. The zero-order valence-corrected chi connectivity index (χ0v) is 8.17. The summed E-state index contributed by atoms with van der Waals surface area (Å²) in [6.45, 7) is 4.63. The molecule has 2 nitrogen and oxygen atoms in total. The Balaban J connectivity index is 2.73. The van der Waals surface area contributed by atoms with E-state index in [1.165, 1.54) is 0 Å². The number of aliphatic hydroxyl groups is 1. The molecule has 0 bridgehead atoms. The van der Waals surface area contributed by atoms with Gasteiger partial charge in [-0.1, -0.05) is 0 Å². The second-order valence-corrected chi connectivity index (χ2v) is 3.34. The SMILES string of the molecule is Cc1ccc(C)n1CC(O)CCl. The second-order valence-electron chi connectivity index (χ2n) is 3.03. The van der Waals surface area contributed by atoms with Crippen molar-refractivity contribution in [3.8, 4) is 0 Å². The van der Waals surface area contributed by atoms with Gasteiger partial charge in [0.05, 0.1) is 12.0 Å². The Morgan fingerprint density at radius 2 is 1.92 bits per heavy atom. The Morgan fingerprint density at radius 1 is 1.42 bits per heavy atom. The van der Waals surface area contributed by atoms with Crippen molar-refractivity contribution in [2.24, 2.45) is 0 Å². The average Bonchev–Trinajstić information content (AvgIpc) is 2.35. The minimum atomic E-state index is -0.448. The van der Waals surface area contributed by atoms with E-state index in [2.05, 4.69) is 4.57 Å². The van der Waals surface area contributed by atoms with Crippen LogP contribution in [-0.4, -0.2) is 21.7 Å². The second kappa shape index (κ2) is 3.97. The molecular formula is C9H14ClNO. The van der Waals surface area contributed by atoms with E-state index in [4.69, 9.17) is 11.6 Å². The van der Waals surface area contributed by atoms with Gasteiger partial charge in [0, 0.05) is 17.9 Å². The van der Waals surface area contributed by atoms with Gasteiger partial charge in [0.2, 0.25) is 0 Å². The van der Waals surface area contributed by atoms with E-state index in [-0.39, 0.29) is 5.88 Å². The molecule has 3 heteroatoms. The van der Waals surface area contributed by atoms with E-state index < -0.39 is 6.10 Å². The number of hydrogen-bond donors (Lipinski definition) is 1. The number of halogens is 1. The van der Waals surface area contributed by atoms with Crippen LogP contribution in [0.2, 0.25) is 0 Å². The third-order valence-electron chi connectivity index (χ3n) is 1.99. The van der Waals surface area contributed by atoms with Gasteiger partial charge in [0.1, 0.15) is 0 Å². The number of rotatable bonds is 3. The first-order valence-electron chi connectivity index (χ1n) is 4.02. The molecule has 0 aliphatic carbocycles. The molecule has 0 radical (unpaired) electrons. The third kappa shape index (κ3) is 2.02. The summed E-state index contributed by atoms with van der Waals surface area (Å²) in [6.07, 6.45) is -0.448. The fourth-order valence-corrected chi connectivity index (χ4v) is 1.34. The summed E-state index contributed by atoms with van der Waals surface area (Å²) in [4.78, 5) is 0. The Labute approximate surface area is 77.8 Å². The molecule has 0 amide bonds. The number of nitrogens with zero attached hydrogens (tertiary/aromatic N) is 1. The molecule has 0 saturated carbocycles. The minimum Gasteiger partial charge on any atom is -0.390 e. The summed E-state index contributed by atoms with van der Waals surface area (Å²) in [5.41, 5.74) is 2.33. The van der Waals surface area contributed by atoms with Gasteiger partial charge in [-0.25, -0.2) is 0 Å². The van der Waals surface area contributed by atoms with Crippen LogP contribution in [0.5, 0.6) is 0 Å². The van der Waals surface area contributed by atoms with Crippen molar-refractivity contribution in [1.82, 2.24) is 4.57 Å². The molecule has 0 aromatic carbocycles. The van der Waals surface area contributed by atoms with Gasteiger partial charge in [-0.15, -0.1) is 11.6 Å². The number of hydrogen-bond acceptors (Lipinski definition) is 1. The van der Waals surface area contributed by atoms with E-state index in [1.54, 1.807) is 0 Å². The first-order valence-corrected chi connectivity index (χ1v) is 4.55. The summed E-state index contributed by atoms with van der Waals surface area (Å²) in [5.74, 6) is 0.289. The third-order valence-corrected chi connectivity index (χ3v) is 2.34. The normalized spacial score (nSPS) is 13.3. The highest BCUT2D eigenvalue weighted by Gasteiger charge is 2.06. The van der Waals surface area contributed by atoms with Gasteiger partial charge >= 0.3 is 0 Å². The number of aryl methyl sites for hydroxylation is 2. The lowest BCUT2D eigenvalue weighted by atomic mass is 10.4. The van der Waals surface area contributed by atoms with Gasteiger partial charge in [0.25, 0.3) is 0 Å². The van der Waals surface area contributed by atoms with Crippen LogP contribution < -0.4 is 0 Å². The van der Waals surface area contributed by atoms with Crippen molar-refractivity contribution in [3.63, 3.8) is 0 Å². The van der Waals surface area contributed by atoms with Crippen LogP contribution in [0.4, 0.5) is 0 Å². The van der Waals surface area contributed by atoms with Crippen molar-refractivity contribution in [1.29, 1.82) is 0 Å². The molecule has 0 fully saturated rings. The lowest BCUT2D eigenvalue weighted by molar-refractivity contribution is 0.175. The van der Waals surface area contributed by atoms with E-state index in [1.807, 2.05) is 26.0 Å². The quantitative estimate of drug-likeness (QED) is 0.717. The maximum absolute atomic E-state index is 9.33. The van der Waals surface area contributed by atoms with Crippen molar-refractivity contribution < 1.29 is 5.11 Å². The summed E-state index contributed by atoms with van der Waals surface area (Å²) in [5, 5.41) is 9.33. The Morgan fingerprint density at radius 3 is 2.33 bits per heavy atom. The fraction of sp³-hybridized carbons (Fsp3) is 0.556. The van der Waals surface area contributed by atoms with Crippen LogP contribution in [0.15, 0.2) is 12.1 Å². The van der Waals surface area contributed by atoms with Gasteiger partial charge < -0.3 is 9.67 Å². The lowest BCUT2D eigenvalue weighted by Crippen LogP contribution is -2.18. The van der Waals surface area contributed by atoms with E-state index in [0.717, 1.165) is 11.4 Å². The van der Waals surface area contributed by atoms with E-state index in [9.17, 15) is 5.11 Å². The molecule has 0 spiro atoms. The zero-order valence-electron chi connectivity index (χ0n) is 7.42. The molecule has 0 aliphatic heterocycles. The first kappa shape index (κ1) is 9.62. The van der Waals surface area contributed by atoms with Crippen molar-refractivity contribution in [3.05, 3.63) is 23.5 Å². The van der Waals surface area contributed by atoms with Crippen molar-refractivity contribution in [2.75, 3.05) is 5.88 Å². The molecule has 1 aromatic rings. The van der Waals surface area contributed by atoms with Crippen LogP contribution in [0, 0.1) is 13.8 Å². The fourth-order valence-electron chi connectivity index (χ4n) is 1.25. The van der Waals surface area contributed by atoms with Crippen molar-refractivity contribution in [2.45, 2.75) is 26.5 Å². The smallest absolute Gasteiger partial charge is 0.0854 e. The van der Waals surface area contributed by atoms with Gasteiger partial charge in [-0.05, 0) is 26.0 Å². The molecule has 1 heterocycles.